The van der Waals surface area contributed by atoms with Crippen LogP contribution in [0.5, 0.6) is 5.75 Å². The van der Waals surface area contributed by atoms with E-state index in [1.807, 2.05) is 0 Å². The van der Waals surface area contributed by atoms with Gasteiger partial charge in [-0.15, -0.1) is 0 Å². The lowest BCUT2D eigenvalue weighted by atomic mass is 10.2. The Morgan fingerprint density at radius 3 is 2.10 bits per heavy atom. The van der Waals surface area contributed by atoms with Crippen molar-refractivity contribution in [2.75, 3.05) is 13.2 Å². The van der Waals surface area contributed by atoms with E-state index in [1.165, 1.54) is 13.8 Å². The Balaban J connectivity index is 3.07. The third-order valence-electron chi connectivity index (χ3n) is 1.99. The molecule has 0 aliphatic carbocycles. The van der Waals surface area contributed by atoms with E-state index in [2.05, 4.69) is 0 Å². The predicted molar refractivity (Wildman–Crippen MR) is 62.9 cm³/mol. The summed E-state index contributed by atoms with van der Waals surface area (Å²) in [5, 5.41) is 0. The van der Waals surface area contributed by atoms with Crippen LogP contribution >= 0.6 is 7.82 Å². The van der Waals surface area contributed by atoms with Crippen molar-refractivity contribution in [3.05, 3.63) is 29.6 Å². The molecule has 0 aromatic heterocycles. The molecule has 0 N–H and O–H groups in total. The number of benzene rings is 1. The van der Waals surface area contributed by atoms with E-state index in [4.69, 9.17) is 13.6 Å². The van der Waals surface area contributed by atoms with E-state index in [0.717, 1.165) is 0 Å². The summed E-state index contributed by atoms with van der Waals surface area (Å²) in [5.74, 6) is -1.75. The molecule has 0 unspecified atom stereocenters. The molecule has 4 nitrogen and oxygen atoms in total. The smallest absolute Gasteiger partial charge is 0.404 e. The quantitative estimate of drug-likeness (QED) is 0.576. The minimum atomic E-state index is -4.75. The largest absolute Gasteiger partial charge is 0.530 e. The number of hydrogen-bond acceptors (Lipinski definition) is 4. The maximum Gasteiger partial charge on any atom is 0.530 e. The van der Waals surface area contributed by atoms with E-state index < -0.39 is 31.1 Å². The van der Waals surface area contributed by atoms with Crippen molar-refractivity contribution in [1.29, 1.82) is 0 Å². The Morgan fingerprint density at radius 2 is 1.65 bits per heavy atom. The van der Waals surface area contributed by atoms with E-state index >= 15 is 0 Å². The van der Waals surface area contributed by atoms with Crippen LogP contribution in [0.15, 0.2) is 18.2 Å². The van der Waals surface area contributed by atoms with Gasteiger partial charge in [-0.1, -0.05) is 0 Å². The van der Waals surface area contributed by atoms with Crippen molar-refractivity contribution in [2.24, 2.45) is 0 Å². The molecule has 0 amide bonds. The lowest BCUT2D eigenvalue weighted by molar-refractivity contribution is -0.137. The molecule has 9 heteroatoms. The molecule has 0 bridgehead atoms. The Bertz CT molecular complexity index is 494. The summed E-state index contributed by atoms with van der Waals surface area (Å²) in [6.07, 6.45) is -4.75. The summed E-state index contributed by atoms with van der Waals surface area (Å²) < 4.78 is 77.0. The molecule has 0 saturated heterocycles. The highest BCUT2D eigenvalue weighted by atomic mass is 31.2. The molecule has 0 saturated carbocycles. The van der Waals surface area contributed by atoms with Crippen molar-refractivity contribution in [3.63, 3.8) is 0 Å². The molecular weight excluding hydrogens is 303 g/mol. The SMILES string of the molecule is CCOP(=O)(OCC)Oc1cc(F)cc(C(F)(F)F)c1. The second-order valence-electron chi connectivity index (χ2n) is 3.55. The number of alkyl halides is 3. The van der Waals surface area contributed by atoms with Gasteiger partial charge < -0.3 is 4.52 Å². The minimum Gasteiger partial charge on any atom is -0.404 e. The Kier molecular flexibility index (Phi) is 5.56. The highest BCUT2D eigenvalue weighted by molar-refractivity contribution is 7.48. The molecule has 0 aliphatic rings. The molecule has 0 fully saturated rings. The molecular formula is C11H13F4O4P. The summed E-state index contributed by atoms with van der Waals surface area (Å²) in [5.41, 5.74) is -1.26. The second-order valence-corrected chi connectivity index (χ2v) is 5.14. The van der Waals surface area contributed by atoms with Gasteiger partial charge >= 0.3 is 14.0 Å². The normalized spacial score (nSPS) is 12.5. The van der Waals surface area contributed by atoms with Crippen LogP contribution in [-0.4, -0.2) is 13.2 Å². The van der Waals surface area contributed by atoms with Crippen molar-refractivity contribution < 1.29 is 35.7 Å². The summed E-state index contributed by atoms with van der Waals surface area (Å²) in [4.78, 5) is 0. The van der Waals surface area contributed by atoms with Gasteiger partial charge in [0.2, 0.25) is 0 Å². The van der Waals surface area contributed by atoms with Crippen LogP contribution in [0.1, 0.15) is 19.4 Å². The Hall–Kier alpha value is -1.11. The van der Waals surface area contributed by atoms with E-state index in [-0.39, 0.29) is 13.2 Å². The van der Waals surface area contributed by atoms with Gasteiger partial charge in [-0.05, 0) is 26.0 Å². The molecule has 114 valence electrons. The monoisotopic (exact) mass is 316 g/mol. The summed E-state index contributed by atoms with van der Waals surface area (Å²) in [6, 6.07) is 1.49. The molecule has 20 heavy (non-hydrogen) atoms. The van der Waals surface area contributed by atoms with Crippen LogP contribution in [-0.2, 0) is 19.8 Å². The summed E-state index contributed by atoms with van der Waals surface area (Å²) in [6.45, 7) is 2.92. The van der Waals surface area contributed by atoms with Crippen molar-refractivity contribution in [2.45, 2.75) is 20.0 Å². The average molecular weight is 316 g/mol. The minimum absolute atomic E-state index is 0.0429. The lowest BCUT2D eigenvalue weighted by Gasteiger charge is -2.18. The van der Waals surface area contributed by atoms with Gasteiger partial charge in [0.1, 0.15) is 11.6 Å². The topological polar surface area (TPSA) is 44.8 Å². The van der Waals surface area contributed by atoms with Gasteiger partial charge in [0, 0.05) is 6.07 Å². The first-order valence-electron chi connectivity index (χ1n) is 5.66. The average Bonchev–Trinajstić information content (AvgIpc) is 2.26. The number of phosphoric ester groups is 1. The first-order valence-corrected chi connectivity index (χ1v) is 7.12. The maximum atomic E-state index is 13.2. The van der Waals surface area contributed by atoms with E-state index in [0.29, 0.717) is 18.2 Å². The first kappa shape index (κ1) is 16.9. The van der Waals surface area contributed by atoms with Crippen molar-refractivity contribution in [3.8, 4) is 5.75 Å². The molecule has 0 atom stereocenters. The third kappa shape index (κ3) is 4.77. The van der Waals surface area contributed by atoms with E-state index in [9.17, 15) is 22.1 Å². The zero-order valence-electron chi connectivity index (χ0n) is 10.7. The Morgan fingerprint density at radius 1 is 1.10 bits per heavy atom. The molecule has 0 spiro atoms. The molecule has 0 aliphatic heterocycles. The second kappa shape index (κ2) is 6.56. The van der Waals surface area contributed by atoms with Crippen LogP contribution in [0.3, 0.4) is 0 Å². The van der Waals surface area contributed by atoms with Crippen molar-refractivity contribution in [1.82, 2.24) is 0 Å². The zero-order chi connectivity index (χ0) is 15.4. The number of rotatable bonds is 6. The van der Waals surface area contributed by atoms with Crippen LogP contribution < -0.4 is 4.52 Å². The van der Waals surface area contributed by atoms with Crippen LogP contribution in [0.25, 0.3) is 0 Å². The fraction of sp³-hybridized carbons (Fsp3) is 0.455. The van der Waals surface area contributed by atoms with Crippen LogP contribution in [0, 0.1) is 5.82 Å². The number of halogens is 4. The molecule has 1 aromatic rings. The predicted octanol–water partition coefficient (Wildman–Crippen LogP) is 4.40. The standard InChI is InChI=1S/C11H13F4O4P/c1-3-17-20(16,18-4-2)19-10-6-8(11(13,14)15)5-9(12)7-10/h5-7H,3-4H2,1-2H3. The van der Waals surface area contributed by atoms with Crippen LogP contribution in [0.4, 0.5) is 17.6 Å². The fourth-order valence-corrected chi connectivity index (χ4v) is 2.49. The number of phosphoric acid groups is 1. The molecule has 0 radical (unpaired) electrons. The van der Waals surface area contributed by atoms with Crippen LogP contribution in [0.2, 0.25) is 0 Å². The van der Waals surface area contributed by atoms with E-state index in [1.54, 1.807) is 0 Å². The maximum absolute atomic E-state index is 13.2. The summed E-state index contributed by atoms with van der Waals surface area (Å²) in [7, 11) is -4.07. The zero-order valence-corrected chi connectivity index (χ0v) is 11.6. The van der Waals surface area contributed by atoms with Gasteiger partial charge in [-0.25, -0.2) is 8.96 Å². The summed E-state index contributed by atoms with van der Waals surface area (Å²) >= 11 is 0. The molecule has 0 heterocycles. The van der Waals surface area contributed by atoms with Gasteiger partial charge in [-0.3, -0.25) is 9.05 Å². The molecule has 1 aromatic carbocycles. The highest BCUT2D eigenvalue weighted by Crippen LogP contribution is 2.49. The fourth-order valence-electron chi connectivity index (χ4n) is 1.31. The third-order valence-corrected chi connectivity index (χ3v) is 3.57. The van der Waals surface area contributed by atoms with Gasteiger partial charge in [0.05, 0.1) is 18.8 Å². The number of hydrogen-bond donors (Lipinski definition) is 0. The first-order chi connectivity index (χ1) is 9.20. The highest BCUT2D eigenvalue weighted by Gasteiger charge is 2.33. The van der Waals surface area contributed by atoms with Gasteiger partial charge in [-0.2, -0.15) is 13.2 Å². The van der Waals surface area contributed by atoms with Gasteiger partial charge in [0.25, 0.3) is 0 Å². The molecule has 1 rings (SSSR count). The van der Waals surface area contributed by atoms with Crippen molar-refractivity contribution >= 4 is 7.82 Å². The van der Waals surface area contributed by atoms with Gasteiger partial charge in [0.15, 0.2) is 0 Å². The Labute approximate surface area is 113 Å². The lowest BCUT2D eigenvalue weighted by Crippen LogP contribution is -2.07.